The Kier molecular flexibility index (Phi) is 3.17. The Bertz CT molecular complexity index is 484. The molecule has 0 spiro atoms. The van der Waals surface area contributed by atoms with E-state index in [1.807, 2.05) is 0 Å². The maximum atomic E-state index is 11.0. The predicted octanol–water partition coefficient (Wildman–Crippen LogP) is 0.993. The molecule has 2 atom stereocenters. The molecule has 0 amide bonds. The highest BCUT2D eigenvalue weighted by molar-refractivity contribution is 5.72. The van der Waals surface area contributed by atoms with Crippen LogP contribution in [-0.2, 0) is 11.8 Å². The molecular weight excluding hydrogens is 240 g/mol. The smallest absolute Gasteiger partial charge is 0.406 e. The topological polar surface area (TPSA) is 110 Å². The van der Waals surface area contributed by atoms with Crippen molar-refractivity contribution in [1.82, 2.24) is 9.55 Å². The number of aryl methyl sites for hydroxylation is 1. The minimum Gasteiger partial charge on any atom is -0.481 e. The Balaban J connectivity index is 2.21. The van der Waals surface area contributed by atoms with Gasteiger partial charge in [0.05, 0.1) is 5.92 Å². The van der Waals surface area contributed by atoms with Crippen molar-refractivity contribution in [3.63, 3.8) is 0 Å². The number of nitro groups is 1. The molecule has 2 unspecified atom stereocenters. The third-order valence-corrected chi connectivity index (χ3v) is 3.25. The molecule has 1 aliphatic rings. The van der Waals surface area contributed by atoms with E-state index in [1.165, 1.54) is 10.9 Å². The number of nitrogens with one attached hydrogen (secondary N) is 1. The van der Waals surface area contributed by atoms with Crippen LogP contribution in [0.2, 0.25) is 0 Å². The molecule has 1 heterocycles. The van der Waals surface area contributed by atoms with Gasteiger partial charge in [-0.05, 0) is 22.7 Å². The lowest BCUT2D eigenvalue weighted by molar-refractivity contribution is -0.388. The van der Waals surface area contributed by atoms with Gasteiger partial charge in [-0.2, -0.15) is 0 Å². The van der Waals surface area contributed by atoms with E-state index in [9.17, 15) is 14.9 Å². The number of carboxylic acid groups (broad SMARTS) is 1. The molecule has 0 radical (unpaired) electrons. The Morgan fingerprint density at radius 3 is 3.00 bits per heavy atom. The molecule has 0 bridgehead atoms. The van der Waals surface area contributed by atoms with E-state index in [1.54, 1.807) is 7.05 Å². The van der Waals surface area contributed by atoms with Gasteiger partial charge in [0.15, 0.2) is 0 Å². The van der Waals surface area contributed by atoms with E-state index >= 15 is 0 Å². The quantitative estimate of drug-likeness (QED) is 0.612. The Morgan fingerprint density at radius 1 is 1.67 bits per heavy atom. The summed E-state index contributed by atoms with van der Waals surface area (Å²) in [6.07, 6.45) is 3.43. The van der Waals surface area contributed by atoms with Crippen LogP contribution in [0.15, 0.2) is 6.33 Å². The van der Waals surface area contributed by atoms with E-state index in [-0.39, 0.29) is 17.7 Å². The summed E-state index contributed by atoms with van der Waals surface area (Å²) < 4.78 is 1.50. The molecule has 98 valence electrons. The molecule has 2 rings (SSSR count). The number of nitrogens with zero attached hydrogens (tertiary/aromatic N) is 3. The zero-order valence-electron chi connectivity index (χ0n) is 9.87. The maximum Gasteiger partial charge on any atom is 0.406 e. The molecule has 0 saturated heterocycles. The summed E-state index contributed by atoms with van der Waals surface area (Å²) in [4.78, 5) is 25.0. The summed E-state index contributed by atoms with van der Waals surface area (Å²) in [5.74, 6) is -1.37. The molecule has 2 N–H and O–H groups in total. The van der Waals surface area contributed by atoms with E-state index in [4.69, 9.17) is 5.11 Å². The van der Waals surface area contributed by atoms with Gasteiger partial charge in [-0.15, -0.1) is 0 Å². The van der Waals surface area contributed by atoms with Crippen molar-refractivity contribution < 1.29 is 14.8 Å². The molecule has 1 fully saturated rings. The number of aliphatic carboxylic acids is 1. The van der Waals surface area contributed by atoms with Crippen molar-refractivity contribution >= 4 is 17.6 Å². The van der Waals surface area contributed by atoms with E-state index in [0.29, 0.717) is 12.8 Å². The fourth-order valence-electron chi connectivity index (χ4n) is 2.32. The molecule has 8 heteroatoms. The van der Waals surface area contributed by atoms with Gasteiger partial charge in [0.2, 0.25) is 12.1 Å². The highest BCUT2D eigenvalue weighted by Crippen LogP contribution is 2.31. The summed E-state index contributed by atoms with van der Waals surface area (Å²) in [5, 5.41) is 22.8. The summed E-state index contributed by atoms with van der Waals surface area (Å²) in [6.45, 7) is 0. The predicted molar refractivity (Wildman–Crippen MR) is 62.2 cm³/mol. The molecule has 8 nitrogen and oxygen atoms in total. The Hall–Kier alpha value is -2.12. The maximum absolute atomic E-state index is 11.0. The van der Waals surface area contributed by atoms with E-state index in [2.05, 4.69) is 10.3 Å². The Morgan fingerprint density at radius 2 is 2.39 bits per heavy atom. The van der Waals surface area contributed by atoms with Crippen LogP contribution in [0.3, 0.4) is 0 Å². The van der Waals surface area contributed by atoms with E-state index < -0.39 is 16.8 Å². The highest BCUT2D eigenvalue weighted by Gasteiger charge is 2.35. The standard InChI is InChI=1S/C10H14N4O4/c1-13-5-11-8(14(17)18)9(13)12-7-4-2-3-6(7)10(15)16/h5-7,12H,2-4H2,1H3,(H,15,16). The number of anilines is 1. The number of carbonyl (C=O) groups is 1. The van der Waals surface area contributed by atoms with Gasteiger partial charge in [0, 0.05) is 13.1 Å². The van der Waals surface area contributed by atoms with Gasteiger partial charge in [0.1, 0.15) is 0 Å². The Labute approximate surface area is 103 Å². The van der Waals surface area contributed by atoms with Crippen LogP contribution in [0.4, 0.5) is 11.6 Å². The number of imidazole rings is 1. The number of hydrogen-bond acceptors (Lipinski definition) is 5. The van der Waals surface area contributed by atoms with Crippen molar-refractivity contribution in [2.24, 2.45) is 13.0 Å². The molecule has 1 saturated carbocycles. The lowest BCUT2D eigenvalue weighted by Gasteiger charge is -2.18. The van der Waals surface area contributed by atoms with E-state index in [0.717, 1.165) is 6.42 Å². The molecule has 18 heavy (non-hydrogen) atoms. The SMILES string of the molecule is Cn1cnc([N+](=O)[O-])c1NC1CCCC1C(=O)O. The van der Waals surface area contributed by atoms with Gasteiger partial charge in [-0.3, -0.25) is 9.36 Å². The van der Waals surface area contributed by atoms with Gasteiger partial charge in [0.25, 0.3) is 0 Å². The normalized spacial score (nSPS) is 22.9. The van der Waals surface area contributed by atoms with Crippen molar-refractivity contribution in [2.45, 2.75) is 25.3 Å². The third kappa shape index (κ3) is 2.13. The first-order valence-corrected chi connectivity index (χ1v) is 5.65. The molecule has 1 aromatic heterocycles. The minimum absolute atomic E-state index is 0.262. The second-order valence-electron chi connectivity index (χ2n) is 4.41. The lowest BCUT2D eigenvalue weighted by Crippen LogP contribution is -2.30. The van der Waals surface area contributed by atoms with Crippen LogP contribution in [0.25, 0.3) is 0 Å². The van der Waals surface area contributed by atoms with Crippen LogP contribution < -0.4 is 5.32 Å². The van der Waals surface area contributed by atoms with Gasteiger partial charge >= 0.3 is 11.8 Å². The monoisotopic (exact) mass is 254 g/mol. The first kappa shape index (κ1) is 12.3. The first-order chi connectivity index (χ1) is 8.50. The van der Waals surface area contributed by atoms with Crippen molar-refractivity contribution in [3.05, 3.63) is 16.4 Å². The van der Waals surface area contributed by atoms with Crippen LogP contribution in [-0.4, -0.2) is 31.6 Å². The fourth-order valence-corrected chi connectivity index (χ4v) is 2.32. The molecular formula is C10H14N4O4. The summed E-state index contributed by atoms with van der Waals surface area (Å²) in [5.41, 5.74) is 0. The number of aromatic nitrogens is 2. The second kappa shape index (κ2) is 4.63. The first-order valence-electron chi connectivity index (χ1n) is 5.65. The number of carboxylic acids is 1. The molecule has 1 aromatic rings. The van der Waals surface area contributed by atoms with Crippen LogP contribution in [0, 0.1) is 16.0 Å². The van der Waals surface area contributed by atoms with Gasteiger partial charge in [-0.1, -0.05) is 6.42 Å². The summed E-state index contributed by atoms with van der Waals surface area (Å²) in [7, 11) is 1.63. The van der Waals surface area contributed by atoms with Crippen LogP contribution in [0.1, 0.15) is 19.3 Å². The third-order valence-electron chi connectivity index (χ3n) is 3.25. The second-order valence-corrected chi connectivity index (χ2v) is 4.41. The molecule has 0 aromatic carbocycles. The molecule has 1 aliphatic carbocycles. The number of rotatable bonds is 4. The average Bonchev–Trinajstić information content (AvgIpc) is 2.87. The zero-order chi connectivity index (χ0) is 13.3. The lowest BCUT2D eigenvalue weighted by atomic mass is 10.0. The summed E-state index contributed by atoms with van der Waals surface area (Å²) in [6, 6.07) is -0.281. The fraction of sp³-hybridized carbons (Fsp3) is 0.600. The van der Waals surface area contributed by atoms with Gasteiger partial charge < -0.3 is 20.5 Å². The number of hydrogen-bond donors (Lipinski definition) is 2. The summed E-state index contributed by atoms with van der Waals surface area (Å²) >= 11 is 0. The largest absolute Gasteiger partial charge is 0.481 e. The minimum atomic E-state index is -0.866. The molecule has 0 aliphatic heterocycles. The van der Waals surface area contributed by atoms with Crippen LogP contribution >= 0.6 is 0 Å². The van der Waals surface area contributed by atoms with Gasteiger partial charge in [-0.25, -0.2) is 0 Å². The average molecular weight is 254 g/mol. The van der Waals surface area contributed by atoms with Crippen molar-refractivity contribution in [1.29, 1.82) is 0 Å². The van der Waals surface area contributed by atoms with Crippen molar-refractivity contribution in [3.8, 4) is 0 Å². The van der Waals surface area contributed by atoms with Crippen molar-refractivity contribution in [2.75, 3.05) is 5.32 Å². The zero-order valence-corrected chi connectivity index (χ0v) is 9.87. The highest BCUT2D eigenvalue weighted by atomic mass is 16.6. The van der Waals surface area contributed by atoms with Crippen LogP contribution in [0.5, 0.6) is 0 Å².